The van der Waals surface area contributed by atoms with Gasteiger partial charge >= 0.3 is 7.75 Å². The number of aromatic nitrogens is 2. The van der Waals surface area contributed by atoms with Gasteiger partial charge in [-0.25, -0.2) is 8.52 Å². The molecule has 9 heteroatoms. The zero-order chi connectivity index (χ0) is 15.6. The zero-order valence-electron chi connectivity index (χ0n) is 11.7. The molecule has 0 saturated heterocycles. The summed E-state index contributed by atoms with van der Waals surface area (Å²) >= 11 is 1.08. The normalized spacial score (nSPS) is 12.0. The highest BCUT2D eigenvalue weighted by Gasteiger charge is 2.14. The Morgan fingerprint density at radius 2 is 1.57 bits per heavy atom. The highest BCUT2D eigenvalue weighted by atomic mass is 35.5. The summed E-state index contributed by atoms with van der Waals surface area (Å²) in [7, 11) is -4.52. The van der Waals surface area contributed by atoms with E-state index in [1.54, 1.807) is 3.96 Å². The van der Waals surface area contributed by atoms with Crippen molar-refractivity contribution in [1.82, 2.24) is 8.94 Å². The minimum absolute atomic E-state index is 0. The molecule has 0 aliphatic carbocycles. The van der Waals surface area contributed by atoms with E-state index in [2.05, 4.69) is 9.75 Å². The highest BCUT2D eigenvalue weighted by Crippen LogP contribution is 2.35. The van der Waals surface area contributed by atoms with Crippen molar-refractivity contribution >= 4 is 31.7 Å². The molecule has 0 aliphatic rings. The monoisotopic (exact) mass is 369 g/mol. The van der Waals surface area contributed by atoms with E-state index in [4.69, 9.17) is 9.79 Å². The van der Waals surface area contributed by atoms with Gasteiger partial charge in [-0.2, -0.15) is 4.98 Å². The molecular weight excluding hydrogens is 357 g/mol. The molecule has 0 fully saturated rings. The van der Waals surface area contributed by atoms with Crippen LogP contribution in [0.25, 0.3) is 17.1 Å². The fraction of sp³-hybridized carbons (Fsp3) is 0. The number of benzene rings is 2. The van der Waals surface area contributed by atoms with Crippen LogP contribution in [0.4, 0.5) is 0 Å². The summed E-state index contributed by atoms with van der Waals surface area (Å²) in [4.78, 5) is 22.3. The van der Waals surface area contributed by atoms with Crippen LogP contribution in [0.2, 0.25) is 0 Å². The summed E-state index contributed by atoms with van der Waals surface area (Å²) in [6, 6.07) is 18.9. The number of hydrogen-bond acceptors (Lipinski definition) is 3. The lowest BCUT2D eigenvalue weighted by Gasteiger charge is -2.05. The summed E-state index contributed by atoms with van der Waals surface area (Å²) in [6.07, 6.45) is 0. The Morgan fingerprint density at radius 1 is 1.00 bits per heavy atom. The van der Waals surface area contributed by atoms with Crippen molar-refractivity contribution in [3.05, 3.63) is 65.5 Å². The molecule has 0 unspecified atom stereocenters. The van der Waals surface area contributed by atoms with Crippen LogP contribution in [0.1, 0.15) is 0 Å². The summed E-state index contributed by atoms with van der Waals surface area (Å²) in [5.41, 5.74) is 1.70. The Morgan fingerprint density at radius 3 is 2.13 bits per heavy atom. The van der Waals surface area contributed by atoms with Gasteiger partial charge in [0.1, 0.15) is 0 Å². The van der Waals surface area contributed by atoms with E-state index in [1.807, 2.05) is 60.7 Å². The Bertz CT molecular complexity index is 830. The number of para-hydroxylation sites is 1. The quantitative estimate of drug-likeness (QED) is 0.695. The Hall–Kier alpha value is -1.76. The minimum atomic E-state index is -4.52. The van der Waals surface area contributed by atoms with E-state index in [0.29, 0.717) is 5.82 Å². The Balaban J connectivity index is 0.00000192. The first-order chi connectivity index (χ1) is 10.5. The third-order valence-corrected chi connectivity index (χ3v) is 4.30. The lowest BCUT2D eigenvalue weighted by atomic mass is 10.2. The Labute approximate surface area is 142 Å². The standard InChI is InChI=1S/C14H12N3O3PS.ClH/c18-21(19,20)16-14-15-13(11-7-3-1-4-8-11)17(22-14)12-9-5-2-6-10-12;/h1-10H,(H2,18,19,20);1H/b16-14+;. The molecule has 0 spiro atoms. The van der Waals surface area contributed by atoms with Gasteiger partial charge in [0.05, 0.1) is 5.69 Å². The van der Waals surface area contributed by atoms with Gasteiger partial charge in [-0.3, -0.25) is 0 Å². The number of hydrogen-bond donors (Lipinski definition) is 2. The molecule has 0 amide bonds. The minimum Gasteiger partial charge on any atom is -0.307 e. The van der Waals surface area contributed by atoms with E-state index >= 15 is 0 Å². The molecular formula is C14H13ClN3O3PS. The molecule has 0 saturated carbocycles. The van der Waals surface area contributed by atoms with Gasteiger partial charge < -0.3 is 9.79 Å². The highest BCUT2D eigenvalue weighted by molar-refractivity contribution is 7.50. The maximum Gasteiger partial charge on any atom is 0.451 e. The molecule has 2 aromatic carbocycles. The maximum absolute atomic E-state index is 11.1. The molecule has 0 radical (unpaired) electrons. The van der Waals surface area contributed by atoms with Gasteiger partial charge in [0.15, 0.2) is 5.82 Å². The lowest BCUT2D eigenvalue weighted by molar-refractivity contribution is 0.373. The zero-order valence-corrected chi connectivity index (χ0v) is 14.2. The van der Waals surface area contributed by atoms with Crippen LogP contribution in [-0.4, -0.2) is 18.7 Å². The van der Waals surface area contributed by atoms with E-state index in [9.17, 15) is 4.57 Å². The van der Waals surface area contributed by atoms with E-state index in [-0.39, 0.29) is 17.2 Å². The van der Waals surface area contributed by atoms with Crippen molar-refractivity contribution in [2.45, 2.75) is 0 Å². The molecule has 120 valence electrons. The third-order valence-electron chi connectivity index (χ3n) is 2.81. The fourth-order valence-electron chi connectivity index (χ4n) is 1.94. The van der Waals surface area contributed by atoms with Crippen molar-refractivity contribution in [1.29, 1.82) is 0 Å². The smallest absolute Gasteiger partial charge is 0.307 e. The predicted octanol–water partition coefficient (Wildman–Crippen LogP) is 3.02. The second-order valence-corrected chi connectivity index (χ2v) is 6.56. The summed E-state index contributed by atoms with van der Waals surface area (Å²) in [5.74, 6) is 0.587. The van der Waals surface area contributed by atoms with Crippen molar-refractivity contribution in [2.24, 2.45) is 4.76 Å². The van der Waals surface area contributed by atoms with Crippen LogP contribution in [0.15, 0.2) is 65.4 Å². The van der Waals surface area contributed by atoms with Gasteiger partial charge in [0, 0.05) is 5.56 Å². The van der Waals surface area contributed by atoms with E-state index < -0.39 is 7.75 Å². The molecule has 6 nitrogen and oxygen atoms in total. The van der Waals surface area contributed by atoms with Crippen molar-refractivity contribution in [3.8, 4) is 17.1 Å². The summed E-state index contributed by atoms with van der Waals surface area (Å²) in [6.45, 7) is 0. The first-order valence-corrected chi connectivity index (χ1v) is 8.70. The molecule has 1 heterocycles. The first kappa shape index (κ1) is 17.6. The molecule has 0 atom stereocenters. The van der Waals surface area contributed by atoms with Gasteiger partial charge in [-0.1, -0.05) is 48.5 Å². The number of halogens is 1. The molecule has 2 N–H and O–H groups in total. The van der Waals surface area contributed by atoms with Crippen LogP contribution >= 0.6 is 31.7 Å². The molecule has 0 aliphatic heterocycles. The molecule has 1 aromatic heterocycles. The molecule has 0 bridgehead atoms. The van der Waals surface area contributed by atoms with Gasteiger partial charge in [-0.05, 0) is 23.7 Å². The second kappa shape index (κ2) is 7.21. The average molecular weight is 370 g/mol. The van der Waals surface area contributed by atoms with Gasteiger partial charge in [0.25, 0.3) is 0 Å². The van der Waals surface area contributed by atoms with Crippen LogP contribution in [0.5, 0.6) is 0 Å². The Kier molecular flexibility index (Phi) is 5.51. The summed E-state index contributed by atoms with van der Waals surface area (Å²) in [5, 5.41) is 0. The van der Waals surface area contributed by atoms with Crippen LogP contribution in [0, 0.1) is 0 Å². The number of rotatable bonds is 3. The molecule has 23 heavy (non-hydrogen) atoms. The average Bonchev–Trinajstić information content (AvgIpc) is 2.91. The largest absolute Gasteiger partial charge is 0.451 e. The SMILES string of the molecule is Cl.O=P(O)(O)/N=c1\nc(-c2ccccc2)n(-c2ccccc2)s1. The van der Waals surface area contributed by atoms with Crippen LogP contribution in [0.3, 0.4) is 0 Å². The van der Waals surface area contributed by atoms with Crippen LogP contribution < -0.4 is 4.80 Å². The summed E-state index contributed by atoms with van der Waals surface area (Å²) < 4.78 is 16.3. The van der Waals surface area contributed by atoms with Crippen LogP contribution in [-0.2, 0) is 4.57 Å². The molecule has 3 rings (SSSR count). The topological polar surface area (TPSA) is 87.7 Å². The van der Waals surface area contributed by atoms with Crippen molar-refractivity contribution in [2.75, 3.05) is 0 Å². The van der Waals surface area contributed by atoms with E-state index in [0.717, 1.165) is 22.8 Å². The molecule has 3 aromatic rings. The third kappa shape index (κ3) is 4.37. The van der Waals surface area contributed by atoms with Crippen molar-refractivity contribution < 1.29 is 14.4 Å². The predicted molar refractivity (Wildman–Crippen MR) is 91.7 cm³/mol. The van der Waals surface area contributed by atoms with Gasteiger partial charge in [-0.15, -0.1) is 17.2 Å². The first-order valence-electron chi connectivity index (χ1n) is 6.36. The fourth-order valence-corrected chi connectivity index (χ4v) is 3.42. The van der Waals surface area contributed by atoms with E-state index in [1.165, 1.54) is 0 Å². The second-order valence-electron chi connectivity index (χ2n) is 4.42. The number of nitrogens with zero attached hydrogens (tertiary/aromatic N) is 3. The lowest BCUT2D eigenvalue weighted by Crippen LogP contribution is -1.97. The van der Waals surface area contributed by atoms with Crippen molar-refractivity contribution in [3.63, 3.8) is 0 Å². The van der Waals surface area contributed by atoms with Gasteiger partial charge in [0.2, 0.25) is 4.80 Å². The maximum atomic E-state index is 11.1.